The topological polar surface area (TPSA) is 12.9 Å². The number of halogens is 1. The molecule has 2 aromatic carbocycles. The number of pyridine rings is 1. The summed E-state index contributed by atoms with van der Waals surface area (Å²) in [4.78, 5) is 4.89. The summed E-state index contributed by atoms with van der Waals surface area (Å²) in [6.07, 6.45) is 0. The highest BCUT2D eigenvalue weighted by atomic mass is 79.9. The first kappa shape index (κ1) is 12.6. The molecular weight excluding hydrogens is 298 g/mol. The maximum Gasteiger partial charge on any atom is 0.0712 e. The fourth-order valence-corrected chi connectivity index (χ4v) is 2.86. The van der Waals surface area contributed by atoms with Crippen LogP contribution in [0.15, 0.2) is 46.9 Å². The molecule has 0 bridgehead atoms. The summed E-state index contributed by atoms with van der Waals surface area (Å²) >= 11 is 3.55. The van der Waals surface area contributed by atoms with Crippen molar-refractivity contribution in [1.29, 1.82) is 0 Å². The van der Waals surface area contributed by atoms with Crippen molar-refractivity contribution in [1.82, 2.24) is 4.98 Å². The normalized spacial score (nSPS) is 12.2. The lowest BCUT2D eigenvalue weighted by atomic mass is 9.87. The first-order valence-corrected chi connectivity index (χ1v) is 7.24. The van der Waals surface area contributed by atoms with Gasteiger partial charge < -0.3 is 0 Å². The van der Waals surface area contributed by atoms with Crippen LogP contribution in [0.5, 0.6) is 0 Å². The Balaban J connectivity index is 2.54. The van der Waals surface area contributed by atoms with Gasteiger partial charge >= 0.3 is 0 Å². The molecule has 0 aliphatic carbocycles. The van der Waals surface area contributed by atoms with Gasteiger partial charge in [0.15, 0.2) is 0 Å². The smallest absolute Gasteiger partial charge is 0.0712 e. The van der Waals surface area contributed by atoms with Crippen molar-refractivity contribution in [2.45, 2.75) is 26.2 Å². The van der Waals surface area contributed by atoms with E-state index in [0.717, 1.165) is 15.7 Å². The number of hydrogen-bond donors (Lipinski definition) is 0. The lowest BCUT2D eigenvalue weighted by molar-refractivity contribution is 0.578. The molecule has 0 spiro atoms. The average Bonchev–Trinajstić information content (AvgIpc) is 2.37. The molecule has 0 fully saturated rings. The number of benzene rings is 2. The van der Waals surface area contributed by atoms with E-state index in [4.69, 9.17) is 4.98 Å². The Bertz CT molecular complexity index is 769. The summed E-state index contributed by atoms with van der Waals surface area (Å²) in [7, 11) is 0. The predicted octanol–water partition coefficient (Wildman–Crippen LogP) is 5.45. The van der Waals surface area contributed by atoms with Gasteiger partial charge in [-0.15, -0.1) is 0 Å². The molecule has 0 unspecified atom stereocenters. The summed E-state index contributed by atoms with van der Waals surface area (Å²) < 4.78 is 1.09. The van der Waals surface area contributed by atoms with Gasteiger partial charge in [-0.3, -0.25) is 4.98 Å². The molecule has 2 heteroatoms. The zero-order valence-corrected chi connectivity index (χ0v) is 13.0. The van der Waals surface area contributed by atoms with Crippen LogP contribution in [0.1, 0.15) is 26.5 Å². The van der Waals surface area contributed by atoms with E-state index in [1.165, 1.54) is 16.2 Å². The summed E-state index contributed by atoms with van der Waals surface area (Å²) in [6, 6.07) is 14.8. The van der Waals surface area contributed by atoms with Crippen molar-refractivity contribution in [2.75, 3.05) is 0 Å². The minimum absolute atomic E-state index is 0.0425. The number of aromatic nitrogens is 1. The van der Waals surface area contributed by atoms with Gasteiger partial charge in [-0.25, -0.2) is 0 Å². The van der Waals surface area contributed by atoms with Gasteiger partial charge in [0.1, 0.15) is 0 Å². The standard InChI is InChI=1S/C17H16BrN/c1-17(2,3)16-13-7-5-4-6-12(13)14-10-11(18)8-9-15(14)19-16/h4-10H,1-3H3. The Morgan fingerprint density at radius 2 is 1.58 bits per heavy atom. The highest BCUT2D eigenvalue weighted by molar-refractivity contribution is 9.10. The third kappa shape index (κ3) is 2.14. The summed E-state index contributed by atoms with van der Waals surface area (Å²) in [6.45, 7) is 6.64. The van der Waals surface area contributed by atoms with Crippen LogP contribution >= 0.6 is 15.9 Å². The Hall–Kier alpha value is -1.41. The van der Waals surface area contributed by atoms with Gasteiger partial charge in [0.2, 0.25) is 0 Å². The molecule has 0 saturated carbocycles. The molecule has 96 valence electrons. The van der Waals surface area contributed by atoms with Gasteiger partial charge in [0.25, 0.3) is 0 Å². The summed E-state index contributed by atoms with van der Waals surface area (Å²) in [5, 5.41) is 3.73. The van der Waals surface area contributed by atoms with Gasteiger partial charge in [-0.05, 0) is 23.6 Å². The Morgan fingerprint density at radius 1 is 0.895 bits per heavy atom. The highest BCUT2D eigenvalue weighted by Gasteiger charge is 2.20. The van der Waals surface area contributed by atoms with E-state index in [9.17, 15) is 0 Å². The van der Waals surface area contributed by atoms with E-state index in [2.05, 4.69) is 79.2 Å². The van der Waals surface area contributed by atoms with Gasteiger partial charge in [0.05, 0.1) is 11.2 Å². The molecule has 1 nitrogen and oxygen atoms in total. The maximum absolute atomic E-state index is 4.89. The van der Waals surface area contributed by atoms with Crippen LogP contribution in [0.3, 0.4) is 0 Å². The molecule has 19 heavy (non-hydrogen) atoms. The van der Waals surface area contributed by atoms with Crippen molar-refractivity contribution < 1.29 is 0 Å². The van der Waals surface area contributed by atoms with Crippen LogP contribution in [0.2, 0.25) is 0 Å². The third-order valence-corrected chi connectivity index (χ3v) is 3.87. The lowest BCUT2D eigenvalue weighted by Crippen LogP contribution is -2.14. The van der Waals surface area contributed by atoms with E-state index in [-0.39, 0.29) is 5.41 Å². The largest absolute Gasteiger partial charge is 0.252 e. The molecule has 0 aliphatic rings. The SMILES string of the molecule is CC(C)(C)c1nc2ccc(Br)cc2c2ccccc12. The minimum Gasteiger partial charge on any atom is -0.252 e. The predicted molar refractivity (Wildman–Crippen MR) is 85.6 cm³/mol. The van der Waals surface area contributed by atoms with Gasteiger partial charge in [-0.2, -0.15) is 0 Å². The van der Waals surface area contributed by atoms with Gasteiger partial charge in [-0.1, -0.05) is 61.0 Å². The Kier molecular flexibility index (Phi) is 2.86. The number of nitrogens with zero attached hydrogens (tertiary/aromatic N) is 1. The second-order valence-electron chi connectivity index (χ2n) is 5.92. The van der Waals surface area contributed by atoms with E-state index >= 15 is 0 Å². The van der Waals surface area contributed by atoms with Crippen molar-refractivity contribution in [3.63, 3.8) is 0 Å². The lowest BCUT2D eigenvalue weighted by Gasteiger charge is -2.21. The van der Waals surface area contributed by atoms with Crippen LogP contribution in [-0.4, -0.2) is 4.98 Å². The molecule has 0 saturated heterocycles. The number of hydrogen-bond acceptors (Lipinski definition) is 1. The van der Waals surface area contributed by atoms with Crippen LogP contribution in [-0.2, 0) is 5.41 Å². The fraction of sp³-hybridized carbons (Fsp3) is 0.235. The first-order valence-electron chi connectivity index (χ1n) is 6.45. The molecule has 0 aliphatic heterocycles. The zero-order chi connectivity index (χ0) is 13.6. The summed E-state index contributed by atoms with van der Waals surface area (Å²) in [5.74, 6) is 0. The molecule has 1 heterocycles. The molecule has 0 radical (unpaired) electrons. The second-order valence-corrected chi connectivity index (χ2v) is 6.83. The maximum atomic E-state index is 4.89. The van der Waals surface area contributed by atoms with Crippen LogP contribution in [0.25, 0.3) is 21.7 Å². The molecule has 3 aromatic rings. The van der Waals surface area contributed by atoms with Crippen LogP contribution in [0, 0.1) is 0 Å². The van der Waals surface area contributed by atoms with Crippen LogP contribution in [0.4, 0.5) is 0 Å². The average molecular weight is 314 g/mol. The van der Waals surface area contributed by atoms with E-state index in [1.54, 1.807) is 0 Å². The van der Waals surface area contributed by atoms with Crippen LogP contribution < -0.4 is 0 Å². The van der Waals surface area contributed by atoms with Crippen molar-refractivity contribution in [3.8, 4) is 0 Å². The molecule has 3 rings (SSSR count). The van der Waals surface area contributed by atoms with Gasteiger partial charge in [0, 0.05) is 20.7 Å². The van der Waals surface area contributed by atoms with Crippen molar-refractivity contribution in [3.05, 3.63) is 52.6 Å². The number of fused-ring (bicyclic) bond motifs is 3. The third-order valence-electron chi connectivity index (χ3n) is 3.37. The number of rotatable bonds is 0. The van der Waals surface area contributed by atoms with E-state index < -0.39 is 0 Å². The van der Waals surface area contributed by atoms with E-state index in [1.807, 2.05) is 0 Å². The highest BCUT2D eigenvalue weighted by Crippen LogP contribution is 2.33. The van der Waals surface area contributed by atoms with E-state index in [0.29, 0.717) is 0 Å². The Morgan fingerprint density at radius 3 is 2.26 bits per heavy atom. The minimum atomic E-state index is 0.0425. The molecule has 0 N–H and O–H groups in total. The fourth-order valence-electron chi connectivity index (χ4n) is 2.50. The zero-order valence-electron chi connectivity index (χ0n) is 11.4. The van der Waals surface area contributed by atoms with Crippen molar-refractivity contribution in [2.24, 2.45) is 0 Å². The van der Waals surface area contributed by atoms with Crippen molar-refractivity contribution >= 4 is 37.6 Å². The molecule has 0 atom stereocenters. The molecule has 1 aromatic heterocycles. The first-order chi connectivity index (χ1) is 8.97. The summed E-state index contributed by atoms with van der Waals surface area (Å²) in [5.41, 5.74) is 2.27. The Labute approximate surface area is 121 Å². The monoisotopic (exact) mass is 313 g/mol. The quantitative estimate of drug-likeness (QED) is 0.503. The second kappa shape index (κ2) is 4.31. The molecular formula is C17H16BrN. The molecule has 0 amide bonds.